The summed E-state index contributed by atoms with van der Waals surface area (Å²) in [5.41, 5.74) is 2.05. The maximum absolute atomic E-state index is 12.4. The molecule has 1 aliphatic rings. The SMILES string of the molecule is Cc1ccc(Cl)c(OCC(=O)N2CCN(c3ccccc3Cl)CC2)c1. The Morgan fingerprint density at radius 3 is 2.48 bits per heavy atom. The molecule has 0 bridgehead atoms. The largest absolute Gasteiger partial charge is 0.482 e. The molecule has 1 saturated heterocycles. The quantitative estimate of drug-likeness (QED) is 0.804. The fourth-order valence-electron chi connectivity index (χ4n) is 2.86. The Bertz CT molecular complexity index is 759. The average Bonchev–Trinajstić information content (AvgIpc) is 2.63. The Hall–Kier alpha value is -1.91. The lowest BCUT2D eigenvalue weighted by molar-refractivity contribution is -0.133. The van der Waals surface area contributed by atoms with Crippen molar-refractivity contribution in [1.82, 2.24) is 4.90 Å². The molecular weight excluding hydrogens is 359 g/mol. The first kappa shape index (κ1) is 17.9. The van der Waals surface area contributed by atoms with Crippen LogP contribution in [0, 0.1) is 6.92 Å². The molecule has 0 saturated carbocycles. The Morgan fingerprint density at radius 2 is 1.76 bits per heavy atom. The summed E-state index contributed by atoms with van der Waals surface area (Å²) in [6.07, 6.45) is 0. The number of carbonyl (C=O) groups is 1. The van der Waals surface area contributed by atoms with E-state index in [2.05, 4.69) is 4.90 Å². The minimum Gasteiger partial charge on any atom is -0.482 e. The Kier molecular flexibility index (Phi) is 5.71. The standard InChI is InChI=1S/C19H20Cl2N2O2/c1-14-6-7-16(21)18(12-14)25-13-19(24)23-10-8-22(9-11-23)17-5-3-2-4-15(17)20/h2-7,12H,8-11,13H2,1H3. The topological polar surface area (TPSA) is 32.8 Å². The van der Waals surface area contributed by atoms with Gasteiger partial charge in [0.15, 0.2) is 6.61 Å². The van der Waals surface area contributed by atoms with Gasteiger partial charge in [-0.2, -0.15) is 0 Å². The molecule has 0 N–H and O–H groups in total. The predicted octanol–water partition coefficient (Wildman–Crippen LogP) is 4.03. The zero-order valence-corrected chi connectivity index (χ0v) is 15.6. The number of rotatable bonds is 4. The van der Waals surface area contributed by atoms with Crippen molar-refractivity contribution in [2.45, 2.75) is 6.92 Å². The Morgan fingerprint density at radius 1 is 1.04 bits per heavy atom. The van der Waals surface area contributed by atoms with Crippen LogP contribution in [0.1, 0.15) is 5.56 Å². The van der Waals surface area contributed by atoms with Gasteiger partial charge >= 0.3 is 0 Å². The third kappa shape index (κ3) is 4.39. The van der Waals surface area contributed by atoms with Crippen LogP contribution in [0.15, 0.2) is 42.5 Å². The first-order valence-electron chi connectivity index (χ1n) is 8.21. The fraction of sp³-hybridized carbons (Fsp3) is 0.316. The zero-order chi connectivity index (χ0) is 17.8. The summed E-state index contributed by atoms with van der Waals surface area (Å²) >= 11 is 12.3. The second-order valence-corrected chi connectivity index (χ2v) is 6.86. The van der Waals surface area contributed by atoms with Crippen LogP contribution in [0.3, 0.4) is 0 Å². The minimum atomic E-state index is -0.0311. The monoisotopic (exact) mass is 378 g/mol. The molecule has 3 rings (SSSR count). The Labute approximate surface area is 157 Å². The van der Waals surface area contributed by atoms with Gasteiger partial charge in [-0.3, -0.25) is 4.79 Å². The predicted molar refractivity (Wildman–Crippen MR) is 102 cm³/mol. The molecule has 1 heterocycles. The van der Waals surface area contributed by atoms with E-state index >= 15 is 0 Å². The van der Waals surface area contributed by atoms with Crippen LogP contribution in [-0.4, -0.2) is 43.6 Å². The second kappa shape index (κ2) is 7.98. The van der Waals surface area contributed by atoms with Crippen LogP contribution in [0.25, 0.3) is 0 Å². The van der Waals surface area contributed by atoms with Crippen molar-refractivity contribution in [1.29, 1.82) is 0 Å². The van der Waals surface area contributed by atoms with Crippen LogP contribution in [-0.2, 0) is 4.79 Å². The van der Waals surface area contributed by atoms with Crippen molar-refractivity contribution in [3.05, 3.63) is 58.1 Å². The van der Waals surface area contributed by atoms with E-state index in [1.807, 2.05) is 48.2 Å². The minimum absolute atomic E-state index is 0.00470. The lowest BCUT2D eigenvalue weighted by atomic mass is 10.2. The number of halogens is 2. The van der Waals surface area contributed by atoms with E-state index in [1.165, 1.54) is 0 Å². The highest BCUT2D eigenvalue weighted by Gasteiger charge is 2.22. The molecule has 0 spiro atoms. The third-order valence-corrected chi connectivity index (χ3v) is 4.90. The van der Waals surface area contributed by atoms with Crippen molar-refractivity contribution < 1.29 is 9.53 Å². The van der Waals surface area contributed by atoms with Crippen molar-refractivity contribution in [3.8, 4) is 5.75 Å². The number of para-hydroxylation sites is 1. The summed E-state index contributed by atoms with van der Waals surface area (Å²) in [6.45, 7) is 4.75. The van der Waals surface area contributed by atoms with Gasteiger partial charge in [-0.25, -0.2) is 0 Å². The lowest BCUT2D eigenvalue weighted by Gasteiger charge is -2.36. The summed E-state index contributed by atoms with van der Waals surface area (Å²) in [6, 6.07) is 13.3. The van der Waals surface area contributed by atoms with E-state index in [4.69, 9.17) is 27.9 Å². The molecule has 0 aliphatic carbocycles. The first-order valence-corrected chi connectivity index (χ1v) is 8.96. The third-order valence-electron chi connectivity index (χ3n) is 4.26. The number of aryl methyl sites for hydroxylation is 1. The first-order chi connectivity index (χ1) is 12.0. The van der Waals surface area contributed by atoms with Crippen molar-refractivity contribution >= 4 is 34.8 Å². The summed E-state index contributed by atoms with van der Waals surface area (Å²) in [5, 5.41) is 1.25. The van der Waals surface area contributed by atoms with Gasteiger partial charge in [0.05, 0.1) is 15.7 Å². The molecule has 0 unspecified atom stereocenters. The van der Waals surface area contributed by atoms with Crippen LogP contribution in [0.5, 0.6) is 5.75 Å². The number of amides is 1. The van der Waals surface area contributed by atoms with Crippen molar-refractivity contribution in [2.24, 2.45) is 0 Å². The lowest BCUT2D eigenvalue weighted by Crippen LogP contribution is -2.50. The van der Waals surface area contributed by atoms with Gasteiger partial charge in [0.2, 0.25) is 0 Å². The molecule has 2 aromatic rings. The number of benzene rings is 2. The van der Waals surface area contributed by atoms with Gasteiger partial charge < -0.3 is 14.5 Å². The molecule has 0 radical (unpaired) electrons. The van der Waals surface area contributed by atoms with Gasteiger partial charge in [-0.1, -0.05) is 41.4 Å². The van der Waals surface area contributed by atoms with Gasteiger partial charge in [0.25, 0.3) is 5.91 Å². The molecular formula is C19H20Cl2N2O2. The summed E-state index contributed by atoms with van der Waals surface area (Å²) in [5.74, 6) is 0.515. The summed E-state index contributed by atoms with van der Waals surface area (Å²) in [7, 11) is 0. The van der Waals surface area contributed by atoms with Crippen LogP contribution < -0.4 is 9.64 Å². The highest BCUT2D eigenvalue weighted by molar-refractivity contribution is 6.33. The average molecular weight is 379 g/mol. The molecule has 132 valence electrons. The molecule has 25 heavy (non-hydrogen) atoms. The van der Waals surface area contributed by atoms with Gasteiger partial charge in [0.1, 0.15) is 5.75 Å². The number of piperazine rings is 1. The molecule has 0 atom stereocenters. The highest BCUT2D eigenvalue weighted by atomic mass is 35.5. The van der Waals surface area contributed by atoms with E-state index in [1.54, 1.807) is 6.07 Å². The van der Waals surface area contributed by atoms with Crippen LogP contribution >= 0.6 is 23.2 Å². The normalized spacial score (nSPS) is 14.5. The van der Waals surface area contributed by atoms with Gasteiger partial charge in [-0.05, 0) is 36.8 Å². The number of hydrogen-bond donors (Lipinski definition) is 0. The van der Waals surface area contributed by atoms with Crippen LogP contribution in [0.2, 0.25) is 10.0 Å². The number of nitrogens with zero attached hydrogens (tertiary/aromatic N) is 2. The molecule has 2 aromatic carbocycles. The fourth-order valence-corrected chi connectivity index (χ4v) is 3.28. The van der Waals surface area contributed by atoms with Crippen molar-refractivity contribution in [3.63, 3.8) is 0 Å². The van der Waals surface area contributed by atoms with E-state index in [0.717, 1.165) is 29.4 Å². The summed E-state index contributed by atoms with van der Waals surface area (Å²) in [4.78, 5) is 16.4. The highest BCUT2D eigenvalue weighted by Crippen LogP contribution is 2.27. The second-order valence-electron chi connectivity index (χ2n) is 6.04. The van der Waals surface area contributed by atoms with Gasteiger partial charge in [0, 0.05) is 26.2 Å². The maximum Gasteiger partial charge on any atom is 0.260 e. The summed E-state index contributed by atoms with van der Waals surface area (Å²) < 4.78 is 5.61. The van der Waals surface area contributed by atoms with Crippen molar-refractivity contribution in [2.75, 3.05) is 37.7 Å². The zero-order valence-electron chi connectivity index (χ0n) is 14.0. The van der Waals surface area contributed by atoms with E-state index in [-0.39, 0.29) is 12.5 Å². The molecule has 0 aromatic heterocycles. The molecule has 1 amide bonds. The van der Waals surface area contributed by atoms with Crippen LogP contribution in [0.4, 0.5) is 5.69 Å². The number of ether oxygens (including phenoxy) is 1. The van der Waals surface area contributed by atoms with Gasteiger partial charge in [-0.15, -0.1) is 0 Å². The van der Waals surface area contributed by atoms with E-state index < -0.39 is 0 Å². The Balaban J connectivity index is 1.53. The molecule has 4 nitrogen and oxygen atoms in total. The number of hydrogen-bond acceptors (Lipinski definition) is 3. The van der Waals surface area contributed by atoms with E-state index in [0.29, 0.717) is 23.9 Å². The maximum atomic E-state index is 12.4. The molecule has 1 fully saturated rings. The molecule has 6 heteroatoms. The smallest absolute Gasteiger partial charge is 0.260 e. The number of anilines is 1. The number of carbonyl (C=O) groups excluding carboxylic acids is 1. The molecule has 1 aliphatic heterocycles. The van der Waals surface area contributed by atoms with E-state index in [9.17, 15) is 4.79 Å².